The fourth-order valence-electron chi connectivity index (χ4n) is 4.11. The number of hydrogen-bond acceptors (Lipinski definition) is 2. The molecule has 2 N–H and O–H groups in total. The van der Waals surface area contributed by atoms with Crippen LogP contribution in [0, 0.1) is 16.7 Å². The topological polar surface area (TPSA) is 41.1 Å². The zero-order valence-electron chi connectivity index (χ0n) is 14.0. The molecule has 1 saturated carbocycles. The number of halogens is 1. The van der Waals surface area contributed by atoms with Crippen LogP contribution in [0.1, 0.15) is 65.7 Å². The number of nitrogens with one attached hydrogen (secondary N) is 2. The lowest BCUT2D eigenvalue weighted by atomic mass is 9.77. The Kier molecular flexibility index (Phi) is 6.99. The molecule has 1 saturated heterocycles. The molecule has 2 aliphatic rings. The van der Waals surface area contributed by atoms with E-state index in [0.29, 0.717) is 11.8 Å². The van der Waals surface area contributed by atoms with Crippen molar-refractivity contribution in [1.82, 2.24) is 10.6 Å². The number of rotatable bonds is 5. The van der Waals surface area contributed by atoms with Gasteiger partial charge in [0.15, 0.2) is 0 Å². The number of amides is 1. The van der Waals surface area contributed by atoms with Gasteiger partial charge in [-0.3, -0.25) is 4.79 Å². The Balaban J connectivity index is 0.00000220. The van der Waals surface area contributed by atoms with Gasteiger partial charge in [0.2, 0.25) is 5.91 Å². The number of carbonyl (C=O) groups excluding carboxylic acids is 1. The quantitative estimate of drug-likeness (QED) is 0.815. The van der Waals surface area contributed by atoms with Crippen LogP contribution in [0.3, 0.4) is 0 Å². The van der Waals surface area contributed by atoms with Crippen molar-refractivity contribution in [3.63, 3.8) is 0 Å². The minimum Gasteiger partial charge on any atom is -0.355 e. The summed E-state index contributed by atoms with van der Waals surface area (Å²) in [4.78, 5) is 12.8. The van der Waals surface area contributed by atoms with E-state index in [1.54, 1.807) is 0 Å². The minimum absolute atomic E-state index is 0. The van der Waals surface area contributed by atoms with E-state index in [1.807, 2.05) is 0 Å². The fourth-order valence-corrected chi connectivity index (χ4v) is 4.11. The van der Waals surface area contributed by atoms with E-state index >= 15 is 0 Å². The van der Waals surface area contributed by atoms with Gasteiger partial charge in [0.1, 0.15) is 0 Å². The summed E-state index contributed by atoms with van der Waals surface area (Å²) in [6.07, 6.45) is 8.12. The first-order valence-electron chi connectivity index (χ1n) is 8.45. The molecule has 3 nitrogen and oxygen atoms in total. The zero-order chi connectivity index (χ0) is 14.6. The number of hydrogen-bond donors (Lipinski definition) is 2. The van der Waals surface area contributed by atoms with Crippen LogP contribution in [-0.4, -0.2) is 25.5 Å². The molecule has 0 bridgehead atoms. The largest absolute Gasteiger partial charge is 0.355 e. The van der Waals surface area contributed by atoms with Gasteiger partial charge in [-0.05, 0) is 50.0 Å². The van der Waals surface area contributed by atoms with Crippen LogP contribution in [0.4, 0.5) is 0 Å². The van der Waals surface area contributed by atoms with E-state index in [1.165, 1.54) is 25.7 Å². The Morgan fingerprint density at radius 3 is 2.38 bits per heavy atom. The molecule has 1 aliphatic heterocycles. The highest BCUT2D eigenvalue weighted by molar-refractivity contribution is 5.85. The van der Waals surface area contributed by atoms with Crippen LogP contribution < -0.4 is 10.6 Å². The van der Waals surface area contributed by atoms with Crippen molar-refractivity contribution in [2.45, 2.75) is 65.7 Å². The summed E-state index contributed by atoms with van der Waals surface area (Å²) in [5.74, 6) is 0.932. The molecule has 124 valence electrons. The second-order valence-corrected chi connectivity index (χ2v) is 7.86. The lowest BCUT2D eigenvalue weighted by molar-refractivity contribution is -0.132. The van der Waals surface area contributed by atoms with Gasteiger partial charge in [0.25, 0.3) is 0 Å². The summed E-state index contributed by atoms with van der Waals surface area (Å²) >= 11 is 0. The van der Waals surface area contributed by atoms with E-state index in [-0.39, 0.29) is 23.2 Å². The van der Waals surface area contributed by atoms with E-state index in [4.69, 9.17) is 0 Å². The third kappa shape index (κ3) is 4.85. The van der Waals surface area contributed by atoms with Crippen LogP contribution in [0.5, 0.6) is 0 Å². The van der Waals surface area contributed by atoms with Gasteiger partial charge >= 0.3 is 0 Å². The molecule has 1 aliphatic carbocycles. The van der Waals surface area contributed by atoms with Crippen molar-refractivity contribution in [2.24, 2.45) is 16.7 Å². The molecular weight excluding hydrogens is 284 g/mol. The Morgan fingerprint density at radius 1 is 1.19 bits per heavy atom. The molecule has 1 heterocycles. The monoisotopic (exact) mass is 316 g/mol. The van der Waals surface area contributed by atoms with Gasteiger partial charge in [-0.25, -0.2) is 0 Å². The standard InChI is InChI=1S/C17H32N2O.ClH/c1-14(2)11-17(8-4-5-9-17)15(20)19-13-16(3)7-6-10-18-12-16;/h14,18H,4-13H2,1-3H3,(H,19,20);1H. The third-order valence-electron chi connectivity index (χ3n) is 5.20. The van der Waals surface area contributed by atoms with E-state index in [9.17, 15) is 4.79 Å². The Morgan fingerprint density at radius 2 is 1.86 bits per heavy atom. The van der Waals surface area contributed by atoms with Crippen LogP contribution >= 0.6 is 12.4 Å². The summed E-state index contributed by atoms with van der Waals surface area (Å²) < 4.78 is 0. The van der Waals surface area contributed by atoms with E-state index in [0.717, 1.165) is 38.9 Å². The molecule has 1 unspecified atom stereocenters. The Labute approximate surface area is 136 Å². The van der Waals surface area contributed by atoms with E-state index < -0.39 is 0 Å². The molecular formula is C17H33ClN2O. The van der Waals surface area contributed by atoms with Gasteiger partial charge < -0.3 is 10.6 Å². The van der Waals surface area contributed by atoms with Crippen molar-refractivity contribution >= 4 is 18.3 Å². The maximum absolute atomic E-state index is 12.8. The molecule has 2 rings (SSSR count). The molecule has 1 atom stereocenters. The zero-order valence-corrected chi connectivity index (χ0v) is 14.8. The van der Waals surface area contributed by atoms with Gasteiger partial charge in [-0.1, -0.05) is 33.6 Å². The van der Waals surface area contributed by atoms with Crippen molar-refractivity contribution in [3.8, 4) is 0 Å². The van der Waals surface area contributed by atoms with Crippen LogP contribution in [0.2, 0.25) is 0 Å². The Hall–Kier alpha value is -0.280. The highest BCUT2D eigenvalue weighted by Crippen LogP contribution is 2.43. The molecule has 21 heavy (non-hydrogen) atoms. The minimum atomic E-state index is -0.0629. The molecule has 0 aromatic rings. The maximum atomic E-state index is 12.8. The number of piperidine rings is 1. The van der Waals surface area contributed by atoms with Gasteiger partial charge in [0, 0.05) is 18.5 Å². The first-order chi connectivity index (χ1) is 9.46. The highest BCUT2D eigenvalue weighted by Gasteiger charge is 2.41. The van der Waals surface area contributed by atoms with Crippen LogP contribution in [-0.2, 0) is 4.79 Å². The molecule has 0 aromatic carbocycles. The van der Waals surface area contributed by atoms with Crippen molar-refractivity contribution in [1.29, 1.82) is 0 Å². The third-order valence-corrected chi connectivity index (χ3v) is 5.20. The molecule has 0 spiro atoms. The van der Waals surface area contributed by atoms with Crippen molar-refractivity contribution < 1.29 is 4.79 Å². The maximum Gasteiger partial charge on any atom is 0.226 e. The fraction of sp³-hybridized carbons (Fsp3) is 0.941. The molecule has 0 aromatic heterocycles. The lowest BCUT2D eigenvalue weighted by Crippen LogP contribution is -2.49. The summed E-state index contributed by atoms with van der Waals surface area (Å²) in [7, 11) is 0. The first-order valence-corrected chi connectivity index (χ1v) is 8.45. The van der Waals surface area contributed by atoms with Crippen molar-refractivity contribution in [2.75, 3.05) is 19.6 Å². The van der Waals surface area contributed by atoms with Crippen molar-refractivity contribution in [3.05, 3.63) is 0 Å². The summed E-state index contributed by atoms with van der Waals surface area (Å²) in [5.41, 5.74) is 0.179. The number of carbonyl (C=O) groups is 1. The second kappa shape index (κ2) is 7.82. The SMILES string of the molecule is CC(C)CC1(C(=O)NCC2(C)CCCNC2)CCCC1.Cl. The highest BCUT2D eigenvalue weighted by atomic mass is 35.5. The molecule has 4 heteroatoms. The van der Waals surface area contributed by atoms with Crippen LogP contribution in [0.15, 0.2) is 0 Å². The average Bonchev–Trinajstić information content (AvgIpc) is 2.86. The lowest BCUT2D eigenvalue weighted by Gasteiger charge is -2.36. The van der Waals surface area contributed by atoms with Gasteiger partial charge in [-0.2, -0.15) is 0 Å². The molecule has 2 fully saturated rings. The van der Waals surface area contributed by atoms with Gasteiger partial charge in [0.05, 0.1) is 0 Å². The molecule has 1 amide bonds. The normalized spacial score (nSPS) is 28.2. The first kappa shape index (κ1) is 18.8. The summed E-state index contributed by atoms with van der Waals surface area (Å²) in [5, 5.41) is 6.76. The van der Waals surface area contributed by atoms with E-state index in [2.05, 4.69) is 31.4 Å². The van der Waals surface area contributed by atoms with Gasteiger partial charge in [-0.15, -0.1) is 12.4 Å². The summed E-state index contributed by atoms with van der Waals surface area (Å²) in [6, 6.07) is 0. The molecule has 0 radical (unpaired) electrons. The summed E-state index contributed by atoms with van der Waals surface area (Å²) in [6.45, 7) is 9.76. The average molecular weight is 317 g/mol. The predicted molar refractivity (Wildman–Crippen MR) is 90.8 cm³/mol. The second-order valence-electron chi connectivity index (χ2n) is 7.86. The Bertz CT molecular complexity index is 332. The predicted octanol–water partition coefficient (Wildman–Crippen LogP) is 3.52. The van der Waals surface area contributed by atoms with Crippen LogP contribution in [0.25, 0.3) is 0 Å². The smallest absolute Gasteiger partial charge is 0.226 e.